The number of anilines is 2. The monoisotopic (exact) mass is 410 g/mol. The van der Waals surface area contributed by atoms with Gasteiger partial charge in [-0.2, -0.15) is 0 Å². The molecule has 0 aliphatic carbocycles. The molecule has 0 saturated carbocycles. The average Bonchev–Trinajstić information content (AvgIpc) is 2.69. The number of nitrogen functional groups attached to an aromatic ring is 2. The maximum Gasteiger partial charge on any atom is 0.343 e. The second-order valence-electron chi connectivity index (χ2n) is 6.31. The van der Waals surface area contributed by atoms with Crippen LogP contribution in [0.5, 0.6) is 5.75 Å². The fourth-order valence-corrected chi connectivity index (χ4v) is 2.18. The van der Waals surface area contributed by atoms with Crippen molar-refractivity contribution >= 4 is 35.2 Å². The van der Waals surface area contributed by atoms with Crippen LogP contribution in [0, 0.1) is 0 Å². The molecule has 156 valence electrons. The zero-order valence-electron chi connectivity index (χ0n) is 16.4. The molecular formula is C22H22N2O6. The Bertz CT molecular complexity index is 959. The summed E-state index contributed by atoms with van der Waals surface area (Å²) in [5, 5.41) is 0. The lowest BCUT2D eigenvalue weighted by Crippen LogP contribution is -2.13. The van der Waals surface area contributed by atoms with Gasteiger partial charge < -0.3 is 25.7 Å². The molecule has 2 aromatic carbocycles. The van der Waals surface area contributed by atoms with Gasteiger partial charge in [-0.3, -0.25) is 4.79 Å². The van der Waals surface area contributed by atoms with Crippen LogP contribution in [-0.4, -0.2) is 31.1 Å². The van der Waals surface area contributed by atoms with Crippen molar-refractivity contribution in [2.24, 2.45) is 0 Å². The van der Waals surface area contributed by atoms with E-state index in [4.69, 9.17) is 25.7 Å². The first-order valence-corrected chi connectivity index (χ1v) is 8.84. The van der Waals surface area contributed by atoms with Gasteiger partial charge in [-0.05, 0) is 54.5 Å². The smallest absolute Gasteiger partial charge is 0.343 e. The molecule has 8 nitrogen and oxygen atoms in total. The molecule has 0 atom stereocenters. The normalized spacial score (nSPS) is 10.6. The Labute approximate surface area is 173 Å². The second-order valence-corrected chi connectivity index (χ2v) is 6.31. The molecule has 2 aromatic rings. The molecule has 0 bridgehead atoms. The van der Waals surface area contributed by atoms with Crippen molar-refractivity contribution in [2.75, 3.05) is 24.9 Å². The number of hydrogen-bond acceptors (Lipinski definition) is 8. The summed E-state index contributed by atoms with van der Waals surface area (Å²) >= 11 is 0. The van der Waals surface area contributed by atoms with Crippen molar-refractivity contribution in [3.8, 4) is 5.75 Å². The maximum atomic E-state index is 12.2. The van der Waals surface area contributed by atoms with E-state index in [9.17, 15) is 14.4 Å². The Kier molecular flexibility index (Phi) is 7.90. The lowest BCUT2D eigenvalue weighted by Gasteiger charge is -2.06. The van der Waals surface area contributed by atoms with Gasteiger partial charge in [0, 0.05) is 17.5 Å². The molecule has 0 saturated heterocycles. The van der Waals surface area contributed by atoms with E-state index in [2.05, 4.69) is 6.58 Å². The highest BCUT2D eigenvalue weighted by Crippen LogP contribution is 2.18. The number of rotatable bonds is 9. The first-order valence-electron chi connectivity index (χ1n) is 8.84. The van der Waals surface area contributed by atoms with Crippen LogP contribution in [-0.2, 0) is 19.1 Å². The first kappa shape index (κ1) is 22.4. The third-order valence-corrected chi connectivity index (χ3v) is 3.71. The number of esters is 2. The van der Waals surface area contributed by atoms with Crippen molar-refractivity contribution < 1.29 is 28.6 Å². The molecule has 0 aromatic heterocycles. The van der Waals surface area contributed by atoms with Gasteiger partial charge >= 0.3 is 11.9 Å². The number of ether oxygens (including phenoxy) is 3. The number of hydrogen-bond donors (Lipinski definition) is 2. The molecule has 0 radical (unpaired) electrons. The van der Waals surface area contributed by atoms with Crippen molar-refractivity contribution in [3.05, 3.63) is 71.8 Å². The number of carbonyl (C=O) groups excluding carboxylic acids is 3. The topological polar surface area (TPSA) is 131 Å². The molecule has 0 aliphatic rings. The highest BCUT2D eigenvalue weighted by molar-refractivity contribution is 5.95. The minimum Gasteiger partial charge on any atom is -0.435 e. The lowest BCUT2D eigenvalue weighted by molar-refractivity contribution is -0.152. The van der Waals surface area contributed by atoms with E-state index in [-0.39, 0.29) is 24.7 Å². The summed E-state index contributed by atoms with van der Waals surface area (Å²) in [7, 11) is 0. The summed E-state index contributed by atoms with van der Waals surface area (Å²) in [5.41, 5.74) is 13.4. The lowest BCUT2D eigenvalue weighted by atomic mass is 10.1. The predicted molar refractivity (Wildman–Crippen MR) is 112 cm³/mol. The number of Topliss-reactive ketones (excluding diaryl/α,β-unsaturated/α-hetero) is 1. The molecule has 4 N–H and O–H groups in total. The molecule has 0 unspecified atom stereocenters. The van der Waals surface area contributed by atoms with E-state index >= 15 is 0 Å². The van der Waals surface area contributed by atoms with Crippen molar-refractivity contribution in [3.63, 3.8) is 0 Å². The fraction of sp³-hybridized carbons (Fsp3) is 0.136. The van der Waals surface area contributed by atoms with E-state index in [0.717, 1.165) is 0 Å². The van der Waals surface area contributed by atoms with E-state index in [1.165, 1.54) is 30.4 Å². The molecule has 0 aliphatic heterocycles. The Morgan fingerprint density at radius 1 is 1.03 bits per heavy atom. The Hall–Kier alpha value is -3.91. The van der Waals surface area contributed by atoms with Crippen LogP contribution in [0.25, 0.3) is 6.08 Å². The molecular weight excluding hydrogens is 388 g/mol. The molecule has 0 fully saturated rings. The van der Waals surface area contributed by atoms with E-state index in [1.807, 2.05) is 0 Å². The predicted octanol–water partition coefficient (Wildman–Crippen LogP) is 2.75. The Balaban J connectivity index is 1.83. The summed E-state index contributed by atoms with van der Waals surface area (Å²) < 4.78 is 15.0. The van der Waals surface area contributed by atoms with Gasteiger partial charge in [0.2, 0.25) is 0 Å². The van der Waals surface area contributed by atoms with Gasteiger partial charge in [0.1, 0.15) is 12.4 Å². The van der Waals surface area contributed by atoms with Gasteiger partial charge in [-0.25, -0.2) is 9.59 Å². The van der Waals surface area contributed by atoms with Crippen LogP contribution >= 0.6 is 0 Å². The molecule has 8 heteroatoms. The number of nitrogens with two attached hydrogens (primary N) is 2. The quantitative estimate of drug-likeness (QED) is 0.161. The van der Waals surface area contributed by atoms with Gasteiger partial charge in [-0.1, -0.05) is 18.7 Å². The van der Waals surface area contributed by atoms with Gasteiger partial charge in [0.25, 0.3) is 0 Å². The summed E-state index contributed by atoms with van der Waals surface area (Å²) in [5.74, 6) is -1.17. The summed E-state index contributed by atoms with van der Waals surface area (Å²) in [6, 6.07) is 10.9. The minimum absolute atomic E-state index is 0.200. The van der Waals surface area contributed by atoms with Crippen LogP contribution in [0.15, 0.2) is 60.7 Å². The first-order chi connectivity index (χ1) is 14.2. The van der Waals surface area contributed by atoms with Crippen LogP contribution in [0.4, 0.5) is 11.4 Å². The largest absolute Gasteiger partial charge is 0.435 e. The summed E-state index contributed by atoms with van der Waals surface area (Å²) in [6.45, 7) is 4.52. The third kappa shape index (κ3) is 7.25. The maximum absolute atomic E-state index is 12.2. The van der Waals surface area contributed by atoms with Gasteiger partial charge in [0.05, 0.1) is 5.56 Å². The van der Waals surface area contributed by atoms with Crippen LogP contribution in [0.3, 0.4) is 0 Å². The highest BCUT2D eigenvalue weighted by atomic mass is 16.7. The van der Waals surface area contributed by atoms with Crippen LogP contribution < -0.4 is 16.2 Å². The SMILES string of the molecule is C=C(C)C(=O)COCOC(=O)C=Cc1ccc(OC(=O)c2cc(N)cc(N)c2)cc1. The summed E-state index contributed by atoms with van der Waals surface area (Å²) in [6.07, 6.45) is 2.73. The van der Waals surface area contributed by atoms with Crippen LogP contribution in [0.1, 0.15) is 22.8 Å². The molecule has 0 spiro atoms. The van der Waals surface area contributed by atoms with Gasteiger partial charge in [0.15, 0.2) is 12.6 Å². The van der Waals surface area contributed by atoms with Gasteiger partial charge in [-0.15, -0.1) is 0 Å². The number of ketones is 1. The average molecular weight is 410 g/mol. The van der Waals surface area contributed by atoms with Crippen molar-refractivity contribution in [1.82, 2.24) is 0 Å². The van der Waals surface area contributed by atoms with E-state index in [0.29, 0.717) is 28.3 Å². The van der Waals surface area contributed by atoms with Crippen molar-refractivity contribution in [1.29, 1.82) is 0 Å². The number of carbonyl (C=O) groups is 3. The zero-order valence-corrected chi connectivity index (χ0v) is 16.4. The fourth-order valence-electron chi connectivity index (χ4n) is 2.18. The molecule has 0 heterocycles. The van der Waals surface area contributed by atoms with E-state index in [1.54, 1.807) is 31.2 Å². The third-order valence-electron chi connectivity index (χ3n) is 3.71. The Morgan fingerprint density at radius 2 is 1.67 bits per heavy atom. The zero-order chi connectivity index (χ0) is 22.1. The van der Waals surface area contributed by atoms with Crippen molar-refractivity contribution in [2.45, 2.75) is 6.92 Å². The minimum atomic E-state index is -0.632. The molecule has 0 amide bonds. The standard InChI is InChI=1S/C22H22N2O6/c1-14(2)20(25)12-28-13-29-21(26)8-5-15-3-6-19(7-4-15)30-22(27)16-9-17(23)11-18(24)10-16/h3-11H,1,12-13,23-24H2,2H3. The highest BCUT2D eigenvalue weighted by Gasteiger charge is 2.10. The Morgan fingerprint density at radius 3 is 2.27 bits per heavy atom. The van der Waals surface area contributed by atoms with E-state index < -0.39 is 11.9 Å². The van der Waals surface area contributed by atoms with Crippen LogP contribution in [0.2, 0.25) is 0 Å². The molecule has 2 rings (SSSR count). The number of benzene rings is 2. The molecule has 30 heavy (non-hydrogen) atoms. The second kappa shape index (κ2) is 10.6. The summed E-state index contributed by atoms with van der Waals surface area (Å²) in [4.78, 5) is 35.1.